The first-order chi connectivity index (χ1) is 15.0. The highest BCUT2D eigenvalue weighted by Crippen LogP contribution is 2.30. The van der Waals surface area contributed by atoms with E-state index in [-0.39, 0.29) is 30.8 Å². The van der Waals surface area contributed by atoms with Crippen molar-refractivity contribution in [2.24, 2.45) is 0 Å². The Hall–Kier alpha value is -1.80. The average Bonchev–Trinajstić information content (AvgIpc) is 2.76. The summed E-state index contributed by atoms with van der Waals surface area (Å²) in [7, 11) is 0. The van der Waals surface area contributed by atoms with E-state index in [0.717, 1.165) is 24.8 Å². The number of hydrogen-bond donors (Lipinski definition) is 0. The summed E-state index contributed by atoms with van der Waals surface area (Å²) >= 11 is 0. The van der Waals surface area contributed by atoms with Gasteiger partial charge in [0.2, 0.25) is 0 Å². The number of unbranched alkanes of at least 4 members (excludes halogenated alkanes) is 4. The fourth-order valence-electron chi connectivity index (χ4n) is 3.46. The van der Waals surface area contributed by atoms with Gasteiger partial charge in [0.1, 0.15) is 0 Å². The Labute approximate surface area is 185 Å². The average molecular weight is 436 g/mol. The molecule has 0 saturated carbocycles. The standard InChI is InChI=1S/C24H37NO6/c1-4-6-7-8-12-17-22-25(19-20-14-10-9-11-15-20)30-24(3,31-29-22)21(26)16-13-18-23(27)28-5-2/h9-11,14-15,22H,4-8,12-13,16-19H2,1-3H3. The van der Waals surface area contributed by atoms with Crippen molar-refractivity contribution in [3.8, 4) is 0 Å². The lowest BCUT2D eigenvalue weighted by atomic mass is 10.1. The van der Waals surface area contributed by atoms with Gasteiger partial charge in [0.15, 0.2) is 12.0 Å². The Kier molecular flexibility index (Phi) is 11.2. The van der Waals surface area contributed by atoms with Gasteiger partial charge in [-0.3, -0.25) is 9.59 Å². The number of nitrogens with zero attached hydrogens (tertiary/aromatic N) is 1. The molecule has 0 aromatic heterocycles. The highest BCUT2D eigenvalue weighted by molar-refractivity contribution is 5.85. The van der Waals surface area contributed by atoms with Gasteiger partial charge in [-0.1, -0.05) is 62.9 Å². The zero-order valence-corrected chi connectivity index (χ0v) is 19.1. The van der Waals surface area contributed by atoms with Gasteiger partial charge in [0.05, 0.1) is 13.2 Å². The number of esters is 1. The zero-order valence-electron chi connectivity index (χ0n) is 19.1. The van der Waals surface area contributed by atoms with Crippen molar-refractivity contribution < 1.29 is 28.9 Å². The number of benzene rings is 1. The predicted molar refractivity (Wildman–Crippen MR) is 116 cm³/mol. The monoisotopic (exact) mass is 435 g/mol. The van der Waals surface area contributed by atoms with Crippen LogP contribution < -0.4 is 0 Å². The summed E-state index contributed by atoms with van der Waals surface area (Å²) in [6, 6.07) is 9.92. The van der Waals surface area contributed by atoms with Gasteiger partial charge in [-0.25, -0.2) is 9.73 Å². The fourth-order valence-corrected chi connectivity index (χ4v) is 3.46. The largest absolute Gasteiger partial charge is 0.466 e. The Balaban J connectivity index is 1.95. The zero-order chi connectivity index (χ0) is 22.5. The topological polar surface area (TPSA) is 74.3 Å². The molecule has 2 unspecified atom stereocenters. The summed E-state index contributed by atoms with van der Waals surface area (Å²) in [5.41, 5.74) is 1.06. The second-order valence-corrected chi connectivity index (χ2v) is 8.02. The molecule has 2 rings (SSSR count). The van der Waals surface area contributed by atoms with E-state index in [1.165, 1.54) is 19.3 Å². The lowest BCUT2D eigenvalue weighted by Gasteiger charge is -2.42. The van der Waals surface area contributed by atoms with Crippen molar-refractivity contribution in [1.82, 2.24) is 5.06 Å². The molecule has 1 saturated heterocycles. The summed E-state index contributed by atoms with van der Waals surface area (Å²) in [6.07, 6.45) is 6.80. The Morgan fingerprint density at radius 3 is 2.48 bits per heavy atom. The van der Waals surface area contributed by atoms with E-state index >= 15 is 0 Å². The summed E-state index contributed by atoms with van der Waals surface area (Å²) < 4.78 is 4.91. The summed E-state index contributed by atoms with van der Waals surface area (Å²) in [4.78, 5) is 41.5. The number of ketones is 1. The maximum Gasteiger partial charge on any atom is 0.305 e. The van der Waals surface area contributed by atoms with E-state index in [1.54, 1.807) is 18.9 Å². The minimum Gasteiger partial charge on any atom is -0.466 e. The lowest BCUT2D eigenvalue weighted by Crippen LogP contribution is -2.55. The summed E-state index contributed by atoms with van der Waals surface area (Å²) in [6.45, 7) is 6.33. The van der Waals surface area contributed by atoms with Crippen molar-refractivity contribution in [3.63, 3.8) is 0 Å². The van der Waals surface area contributed by atoms with Crippen molar-refractivity contribution in [2.45, 2.75) is 97.1 Å². The number of rotatable bonds is 14. The van der Waals surface area contributed by atoms with Crippen LogP contribution in [0.4, 0.5) is 0 Å². The molecule has 0 bridgehead atoms. The van der Waals surface area contributed by atoms with Crippen molar-refractivity contribution >= 4 is 11.8 Å². The van der Waals surface area contributed by atoms with Crippen molar-refractivity contribution in [3.05, 3.63) is 35.9 Å². The Morgan fingerprint density at radius 2 is 1.77 bits per heavy atom. The molecule has 1 heterocycles. The first-order valence-corrected chi connectivity index (χ1v) is 11.5. The maximum absolute atomic E-state index is 12.8. The molecule has 31 heavy (non-hydrogen) atoms. The molecule has 7 nitrogen and oxygen atoms in total. The van der Waals surface area contributed by atoms with Crippen LogP contribution in [-0.2, 0) is 35.5 Å². The molecule has 1 aliphatic heterocycles. The minimum absolute atomic E-state index is 0.138. The van der Waals surface area contributed by atoms with Crippen LogP contribution in [0.25, 0.3) is 0 Å². The fraction of sp³-hybridized carbons (Fsp3) is 0.667. The molecule has 0 radical (unpaired) electrons. The van der Waals surface area contributed by atoms with Gasteiger partial charge in [0, 0.05) is 19.8 Å². The van der Waals surface area contributed by atoms with Crippen LogP contribution in [0, 0.1) is 0 Å². The highest BCUT2D eigenvalue weighted by Gasteiger charge is 2.45. The number of carbonyl (C=O) groups excluding carboxylic acids is 2. The molecule has 0 N–H and O–H groups in total. The van der Waals surface area contributed by atoms with Crippen molar-refractivity contribution in [2.75, 3.05) is 6.61 Å². The van der Waals surface area contributed by atoms with E-state index in [2.05, 4.69) is 6.92 Å². The molecule has 0 aliphatic carbocycles. The summed E-state index contributed by atoms with van der Waals surface area (Å²) in [5, 5.41) is 1.71. The normalized spacial score (nSPS) is 21.7. The van der Waals surface area contributed by atoms with E-state index in [0.29, 0.717) is 19.6 Å². The van der Waals surface area contributed by atoms with E-state index in [9.17, 15) is 9.59 Å². The van der Waals surface area contributed by atoms with Crippen LogP contribution in [0.2, 0.25) is 0 Å². The minimum atomic E-state index is -1.54. The third kappa shape index (κ3) is 8.69. The molecule has 1 aliphatic rings. The third-order valence-corrected chi connectivity index (χ3v) is 5.26. The molecule has 1 aromatic rings. The molecule has 0 amide bonds. The second kappa shape index (κ2) is 13.6. The van der Waals surface area contributed by atoms with E-state index in [4.69, 9.17) is 19.3 Å². The SMILES string of the molecule is CCCCCCCC1OOC(C)(C(=O)CCCC(=O)OCC)ON1Cc1ccccc1. The molecule has 174 valence electrons. The van der Waals surface area contributed by atoms with Gasteiger partial charge in [-0.05, 0) is 31.7 Å². The van der Waals surface area contributed by atoms with Gasteiger partial charge >= 0.3 is 5.97 Å². The van der Waals surface area contributed by atoms with Crippen LogP contribution in [0.3, 0.4) is 0 Å². The number of Topliss-reactive ketones (excluding diaryl/α,β-unsaturated/α-hetero) is 1. The number of hydrogen-bond acceptors (Lipinski definition) is 7. The molecular formula is C24H37NO6. The molecule has 2 atom stereocenters. The lowest BCUT2D eigenvalue weighted by molar-refractivity contribution is -0.549. The second-order valence-electron chi connectivity index (χ2n) is 8.02. The summed E-state index contributed by atoms with van der Waals surface area (Å²) in [5.74, 6) is -2.12. The predicted octanol–water partition coefficient (Wildman–Crippen LogP) is 5.09. The smallest absolute Gasteiger partial charge is 0.305 e. The highest BCUT2D eigenvalue weighted by atomic mass is 17.3. The maximum atomic E-state index is 12.8. The van der Waals surface area contributed by atoms with Crippen LogP contribution in [0.1, 0.15) is 84.1 Å². The van der Waals surface area contributed by atoms with Crippen LogP contribution in [-0.4, -0.2) is 35.4 Å². The third-order valence-electron chi connectivity index (χ3n) is 5.26. The van der Waals surface area contributed by atoms with E-state index < -0.39 is 5.79 Å². The van der Waals surface area contributed by atoms with E-state index in [1.807, 2.05) is 30.3 Å². The van der Waals surface area contributed by atoms with Crippen LogP contribution in [0.5, 0.6) is 0 Å². The molecule has 1 fully saturated rings. The molecule has 7 heteroatoms. The molecule has 0 spiro atoms. The van der Waals surface area contributed by atoms with Crippen LogP contribution >= 0.6 is 0 Å². The molecular weight excluding hydrogens is 398 g/mol. The first kappa shape index (κ1) is 25.5. The van der Waals surface area contributed by atoms with Crippen molar-refractivity contribution in [1.29, 1.82) is 0 Å². The molecule has 1 aromatic carbocycles. The Morgan fingerprint density at radius 1 is 1.03 bits per heavy atom. The first-order valence-electron chi connectivity index (χ1n) is 11.5. The number of carbonyl (C=O) groups is 2. The quantitative estimate of drug-likeness (QED) is 0.229. The van der Waals surface area contributed by atoms with Gasteiger partial charge < -0.3 is 4.74 Å². The number of hydroxylamine groups is 2. The van der Waals surface area contributed by atoms with Gasteiger partial charge in [-0.2, -0.15) is 4.89 Å². The van der Waals surface area contributed by atoms with Crippen LogP contribution in [0.15, 0.2) is 30.3 Å². The van der Waals surface area contributed by atoms with Gasteiger partial charge in [-0.15, -0.1) is 5.06 Å². The Bertz CT molecular complexity index is 667. The van der Waals surface area contributed by atoms with Gasteiger partial charge in [0.25, 0.3) is 5.79 Å². The number of ether oxygens (including phenoxy) is 1.